The Morgan fingerprint density at radius 3 is 2.52 bits per heavy atom. The number of rotatable bonds is 7. The molecule has 2 aromatic rings. The molecule has 5 heteroatoms. The zero-order chi connectivity index (χ0) is 16.6. The quantitative estimate of drug-likeness (QED) is 0.813. The maximum Gasteiger partial charge on any atom is 0.123 e. The van der Waals surface area contributed by atoms with Crippen molar-refractivity contribution in [3.05, 3.63) is 65.7 Å². The SMILES string of the molecule is Cl.Fc1ccc(CN(CCc2ccccn2)CC2CCNCC2)cc1. The molecule has 0 unspecified atom stereocenters. The van der Waals surface area contributed by atoms with Crippen molar-refractivity contribution in [1.82, 2.24) is 15.2 Å². The van der Waals surface area contributed by atoms with Crippen LogP contribution in [0.3, 0.4) is 0 Å². The standard InChI is InChI=1S/C20H26FN3.ClH/c21-19-6-4-17(5-7-19)15-24(16-18-8-12-22-13-9-18)14-10-20-3-1-2-11-23-20;/h1-7,11,18,22H,8-10,12-16H2;1H. The Balaban J connectivity index is 0.00000225. The van der Waals surface area contributed by atoms with E-state index in [1.54, 1.807) is 12.1 Å². The molecule has 0 radical (unpaired) electrons. The monoisotopic (exact) mass is 363 g/mol. The second-order valence-electron chi connectivity index (χ2n) is 6.63. The summed E-state index contributed by atoms with van der Waals surface area (Å²) in [6, 6.07) is 13.0. The predicted octanol–water partition coefficient (Wildman–Crippen LogP) is 3.69. The molecule has 0 atom stereocenters. The lowest BCUT2D eigenvalue weighted by atomic mass is 9.97. The highest BCUT2D eigenvalue weighted by Gasteiger charge is 2.17. The van der Waals surface area contributed by atoms with Crippen LogP contribution < -0.4 is 5.32 Å². The largest absolute Gasteiger partial charge is 0.317 e. The molecular formula is C20H27ClFN3. The Kier molecular flexibility index (Phi) is 8.32. The van der Waals surface area contributed by atoms with Crippen LogP contribution in [0.1, 0.15) is 24.1 Å². The zero-order valence-electron chi connectivity index (χ0n) is 14.5. The van der Waals surface area contributed by atoms with Gasteiger partial charge in [-0.25, -0.2) is 4.39 Å². The van der Waals surface area contributed by atoms with Crippen molar-refractivity contribution in [2.75, 3.05) is 26.2 Å². The average molecular weight is 364 g/mol. The fraction of sp³-hybridized carbons (Fsp3) is 0.450. The van der Waals surface area contributed by atoms with Crippen molar-refractivity contribution in [2.45, 2.75) is 25.8 Å². The summed E-state index contributed by atoms with van der Waals surface area (Å²) >= 11 is 0. The first kappa shape index (κ1) is 19.8. The Morgan fingerprint density at radius 1 is 1.08 bits per heavy atom. The minimum atomic E-state index is -0.169. The second-order valence-corrected chi connectivity index (χ2v) is 6.63. The molecule has 2 heterocycles. The summed E-state index contributed by atoms with van der Waals surface area (Å²) in [7, 11) is 0. The van der Waals surface area contributed by atoms with Gasteiger partial charge in [-0.1, -0.05) is 18.2 Å². The third kappa shape index (κ3) is 6.73. The van der Waals surface area contributed by atoms with Crippen LogP contribution in [0.15, 0.2) is 48.7 Å². The van der Waals surface area contributed by atoms with Crippen LogP contribution in [-0.4, -0.2) is 36.1 Å². The summed E-state index contributed by atoms with van der Waals surface area (Å²) in [6.45, 7) is 5.20. The normalized spacial score (nSPS) is 15.1. The molecule has 1 aromatic heterocycles. The summed E-state index contributed by atoms with van der Waals surface area (Å²) in [5.74, 6) is 0.576. The van der Waals surface area contributed by atoms with Crippen LogP contribution in [0, 0.1) is 11.7 Å². The van der Waals surface area contributed by atoms with Gasteiger partial charge in [0.05, 0.1) is 0 Å². The van der Waals surface area contributed by atoms with Crippen LogP contribution in [0.25, 0.3) is 0 Å². The molecule has 1 aliphatic heterocycles. The fourth-order valence-electron chi connectivity index (χ4n) is 3.33. The molecule has 0 aliphatic carbocycles. The number of pyridine rings is 1. The van der Waals surface area contributed by atoms with Crippen LogP contribution in [0.2, 0.25) is 0 Å². The third-order valence-corrected chi connectivity index (χ3v) is 4.70. The van der Waals surface area contributed by atoms with Gasteiger partial charge in [-0.2, -0.15) is 0 Å². The number of benzene rings is 1. The number of halogens is 2. The maximum atomic E-state index is 13.1. The molecule has 25 heavy (non-hydrogen) atoms. The first-order valence-corrected chi connectivity index (χ1v) is 8.87. The van der Waals surface area contributed by atoms with Crippen LogP contribution in [0.5, 0.6) is 0 Å². The smallest absolute Gasteiger partial charge is 0.123 e. The Hall–Kier alpha value is -1.49. The van der Waals surface area contributed by atoms with Gasteiger partial charge in [0.25, 0.3) is 0 Å². The molecule has 0 spiro atoms. The molecule has 1 aromatic carbocycles. The van der Waals surface area contributed by atoms with Gasteiger partial charge in [-0.05, 0) is 61.7 Å². The number of aromatic nitrogens is 1. The molecule has 1 saturated heterocycles. The number of piperidine rings is 1. The fourth-order valence-corrected chi connectivity index (χ4v) is 3.33. The van der Waals surface area contributed by atoms with E-state index < -0.39 is 0 Å². The molecule has 0 bridgehead atoms. The van der Waals surface area contributed by atoms with Gasteiger partial charge < -0.3 is 5.32 Å². The van der Waals surface area contributed by atoms with Gasteiger partial charge in [-0.3, -0.25) is 9.88 Å². The number of hydrogen-bond acceptors (Lipinski definition) is 3. The lowest BCUT2D eigenvalue weighted by Gasteiger charge is -2.30. The molecular weight excluding hydrogens is 337 g/mol. The maximum absolute atomic E-state index is 13.1. The highest BCUT2D eigenvalue weighted by Crippen LogP contribution is 2.16. The van der Waals surface area contributed by atoms with Gasteiger partial charge in [-0.15, -0.1) is 12.4 Å². The first-order valence-electron chi connectivity index (χ1n) is 8.87. The minimum Gasteiger partial charge on any atom is -0.317 e. The predicted molar refractivity (Wildman–Crippen MR) is 102 cm³/mol. The van der Waals surface area contributed by atoms with E-state index in [2.05, 4.69) is 21.3 Å². The van der Waals surface area contributed by atoms with Crippen molar-refractivity contribution < 1.29 is 4.39 Å². The van der Waals surface area contributed by atoms with Gasteiger partial charge in [0.1, 0.15) is 5.82 Å². The molecule has 1 N–H and O–H groups in total. The summed E-state index contributed by atoms with van der Waals surface area (Å²) in [5.41, 5.74) is 2.30. The van der Waals surface area contributed by atoms with E-state index in [1.807, 2.05) is 30.5 Å². The van der Waals surface area contributed by atoms with Crippen LogP contribution in [0.4, 0.5) is 4.39 Å². The summed E-state index contributed by atoms with van der Waals surface area (Å²) in [4.78, 5) is 6.93. The van der Waals surface area contributed by atoms with E-state index in [9.17, 15) is 4.39 Å². The third-order valence-electron chi connectivity index (χ3n) is 4.70. The molecule has 1 fully saturated rings. The number of hydrogen-bond donors (Lipinski definition) is 1. The highest BCUT2D eigenvalue weighted by atomic mass is 35.5. The topological polar surface area (TPSA) is 28.2 Å². The molecule has 1 aliphatic rings. The van der Waals surface area contributed by atoms with Crippen LogP contribution in [-0.2, 0) is 13.0 Å². The number of nitrogens with zero attached hydrogens (tertiary/aromatic N) is 2. The lowest BCUT2D eigenvalue weighted by Crippen LogP contribution is -2.36. The van der Waals surface area contributed by atoms with E-state index in [4.69, 9.17) is 0 Å². The first-order chi connectivity index (χ1) is 11.8. The zero-order valence-corrected chi connectivity index (χ0v) is 15.4. The van der Waals surface area contributed by atoms with Crippen molar-refractivity contribution in [3.63, 3.8) is 0 Å². The minimum absolute atomic E-state index is 0. The van der Waals surface area contributed by atoms with E-state index in [0.717, 1.165) is 50.8 Å². The summed E-state index contributed by atoms with van der Waals surface area (Å²) < 4.78 is 13.1. The van der Waals surface area contributed by atoms with E-state index in [1.165, 1.54) is 18.4 Å². The summed E-state index contributed by atoms with van der Waals surface area (Å²) in [6.07, 6.45) is 5.28. The molecule has 3 nitrogen and oxygen atoms in total. The van der Waals surface area contributed by atoms with Gasteiger partial charge in [0.15, 0.2) is 0 Å². The van der Waals surface area contributed by atoms with Crippen molar-refractivity contribution in [2.24, 2.45) is 5.92 Å². The van der Waals surface area contributed by atoms with Crippen molar-refractivity contribution in [1.29, 1.82) is 0 Å². The van der Waals surface area contributed by atoms with E-state index in [-0.39, 0.29) is 18.2 Å². The Morgan fingerprint density at radius 2 is 1.84 bits per heavy atom. The van der Waals surface area contributed by atoms with E-state index in [0.29, 0.717) is 0 Å². The van der Waals surface area contributed by atoms with Gasteiger partial charge >= 0.3 is 0 Å². The van der Waals surface area contributed by atoms with E-state index >= 15 is 0 Å². The number of nitrogens with one attached hydrogen (secondary N) is 1. The molecule has 0 amide bonds. The summed E-state index contributed by atoms with van der Waals surface area (Å²) in [5, 5.41) is 3.43. The van der Waals surface area contributed by atoms with Crippen LogP contribution >= 0.6 is 12.4 Å². The second kappa shape index (κ2) is 10.5. The van der Waals surface area contributed by atoms with Gasteiger partial charge in [0, 0.05) is 37.9 Å². The Labute approximate surface area is 156 Å². The molecule has 3 rings (SSSR count). The molecule has 136 valence electrons. The van der Waals surface area contributed by atoms with Gasteiger partial charge in [0.2, 0.25) is 0 Å². The molecule has 0 saturated carbocycles. The lowest BCUT2D eigenvalue weighted by molar-refractivity contribution is 0.200. The van der Waals surface area contributed by atoms with Crippen molar-refractivity contribution in [3.8, 4) is 0 Å². The van der Waals surface area contributed by atoms with Crippen molar-refractivity contribution >= 4 is 12.4 Å². The average Bonchev–Trinajstić information content (AvgIpc) is 2.63. The highest BCUT2D eigenvalue weighted by molar-refractivity contribution is 5.85. The Bertz CT molecular complexity index is 600.